The Balaban J connectivity index is 2.10. The molecule has 120 valence electrons. The lowest BCUT2D eigenvalue weighted by molar-refractivity contribution is -0.140. The average molecular weight is 295 g/mol. The lowest BCUT2D eigenvalue weighted by Crippen LogP contribution is -2.53. The van der Waals surface area contributed by atoms with E-state index in [-0.39, 0.29) is 11.7 Å². The Morgan fingerprint density at radius 2 is 1.67 bits per heavy atom. The van der Waals surface area contributed by atoms with Crippen LogP contribution in [0.1, 0.15) is 65.2 Å². The van der Waals surface area contributed by atoms with Crippen molar-refractivity contribution < 1.29 is 10.0 Å². The minimum Gasteiger partial charge on any atom is -0.409 e. The number of piperidine rings is 1. The van der Waals surface area contributed by atoms with Crippen molar-refractivity contribution in [1.29, 1.82) is 0 Å². The molecule has 1 heterocycles. The number of amides is 1. The molecule has 0 spiro atoms. The van der Waals surface area contributed by atoms with Gasteiger partial charge in [-0.25, -0.2) is 0 Å². The molecule has 5 heteroatoms. The average Bonchev–Trinajstić information content (AvgIpc) is 3.04. The summed E-state index contributed by atoms with van der Waals surface area (Å²) in [6.45, 7) is 6.10. The van der Waals surface area contributed by atoms with Gasteiger partial charge in [0.05, 0.1) is 0 Å². The van der Waals surface area contributed by atoms with Crippen LogP contribution in [0.15, 0.2) is 5.16 Å². The number of likely N-dealkylation sites (tertiary alicyclic amines) is 1. The van der Waals surface area contributed by atoms with Crippen molar-refractivity contribution in [2.75, 3.05) is 13.1 Å². The van der Waals surface area contributed by atoms with Gasteiger partial charge in [-0.05, 0) is 31.1 Å². The number of nitrogens with zero attached hydrogens (tertiary/aromatic N) is 2. The van der Waals surface area contributed by atoms with Gasteiger partial charge >= 0.3 is 0 Å². The maximum atomic E-state index is 13.0. The maximum Gasteiger partial charge on any atom is 0.236 e. The number of amidine groups is 1. The first kappa shape index (κ1) is 16.1. The van der Waals surface area contributed by atoms with Gasteiger partial charge in [-0.3, -0.25) is 4.79 Å². The van der Waals surface area contributed by atoms with Crippen LogP contribution >= 0.6 is 0 Å². The Hall–Kier alpha value is -1.26. The van der Waals surface area contributed by atoms with Crippen molar-refractivity contribution in [1.82, 2.24) is 4.90 Å². The molecular formula is C16H29N3O2. The van der Waals surface area contributed by atoms with Gasteiger partial charge in [-0.15, -0.1) is 0 Å². The molecule has 1 amide bonds. The van der Waals surface area contributed by atoms with Crippen LogP contribution in [0.5, 0.6) is 0 Å². The zero-order valence-electron chi connectivity index (χ0n) is 13.4. The van der Waals surface area contributed by atoms with Crippen LogP contribution in [0.3, 0.4) is 0 Å². The molecule has 0 unspecified atom stereocenters. The second kappa shape index (κ2) is 6.24. The van der Waals surface area contributed by atoms with Crippen molar-refractivity contribution in [3.63, 3.8) is 0 Å². The fraction of sp³-hybridized carbons (Fsp3) is 0.875. The van der Waals surface area contributed by atoms with Crippen LogP contribution < -0.4 is 5.73 Å². The summed E-state index contributed by atoms with van der Waals surface area (Å²) in [6, 6.07) is 0. The number of hydrogen-bond acceptors (Lipinski definition) is 3. The third-order valence-electron chi connectivity index (χ3n) is 6.08. The normalized spacial score (nSPS) is 25.0. The van der Waals surface area contributed by atoms with E-state index in [0.717, 1.165) is 38.8 Å². The number of rotatable bonds is 4. The van der Waals surface area contributed by atoms with Crippen molar-refractivity contribution >= 4 is 11.7 Å². The van der Waals surface area contributed by atoms with Gasteiger partial charge in [0.15, 0.2) is 5.84 Å². The van der Waals surface area contributed by atoms with E-state index in [1.807, 2.05) is 4.90 Å². The van der Waals surface area contributed by atoms with Gasteiger partial charge in [-0.1, -0.05) is 44.7 Å². The first-order chi connectivity index (χ1) is 10.0. The van der Waals surface area contributed by atoms with Gasteiger partial charge < -0.3 is 15.8 Å². The van der Waals surface area contributed by atoms with E-state index in [2.05, 4.69) is 19.0 Å². The number of carbonyl (C=O) groups is 1. The third kappa shape index (κ3) is 2.74. The van der Waals surface area contributed by atoms with E-state index in [0.29, 0.717) is 18.3 Å². The summed E-state index contributed by atoms with van der Waals surface area (Å²) in [5.41, 5.74) is 5.54. The number of hydrogen-bond donors (Lipinski definition) is 2. The topological polar surface area (TPSA) is 78.9 Å². The van der Waals surface area contributed by atoms with Crippen LogP contribution in [0.25, 0.3) is 0 Å². The Morgan fingerprint density at radius 1 is 1.14 bits per heavy atom. The molecule has 2 rings (SSSR count). The molecule has 2 fully saturated rings. The standard InChI is InChI=1S/C16H29N3O2/c1-3-15(4-2)9-11-19(12-10-15)14(20)16(13(17)18-21)7-5-6-8-16/h21H,3-12H2,1-2H3,(H2,17,18). The first-order valence-corrected chi connectivity index (χ1v) is 8.31. The minimum atomic E-state index is -0.743. The Bertz CT molecular complexity index is 400. The monoisotopic (exact) mass is 295 g/mol. The summed E-state index contributed by atoms with van der Waals surface area (Å²) in [7, 11) is 0. The molecule has 0 aromatic rings. The molecule has 0 bridgehead atoms. The van der Waals surface area contributed by atoms with E-state index in [4.69, 9.17) is 10.9 Å². The number of oxime groups is 1. The Kier molecular flexibility index (Phi) is 4.79. The second-order valence-electron chi connectivity index (χ2n) is 6.77. The predicted octanol–water partition coefficient (Wildman–Crippen LogP) is 2.72. The van der Waals surface area contributed by atoms with Gasteiger partial charge in [0.1, 0.15) is 5.41 Å². The lowest BCUT2D eigenvalue weighted by atomic mass is 9.73. The number of carbonyl (C=O) groups excluding carboxylic acids is 1. The maximum absolute atomic E-state index is 13.0. The van der Waals surface area contributed by atoms with Crippen LogP contribution in [-0.4, -0.2) is 34.9 Å². The Labute approximate surface area is 127 Å². The minimum absolute atomic E-state index is 0.0797. The van der Waals surface area contributed by atoms with Crippen LogP contribution in [-0.2, 0) is 4.79 Å². The molecule has 0 atom stereocenters. The van der Waals surface area contributed by atoms with Crippen molar-refractivity contribution in [2.24, 2.45) is 21.7 Å². The highest BCUT2D eigenvalue weighted by atomic mass is 16.4. The molecule has 1 saturated carbocycles. The molecule has 1 saturated heterocycles. The summed E-state index contributed by atoms with van der Waals surface area (Å²) in [5, 5.41) is 12.2. The highest BCUT2D eigenvalue weighted by Gasteiger charge is 2.48. The zero-order valence-corrected chi connectivity index (χ0v) is 13.4. The Morgan fingerprint density at radius 3 is 2.10 bits per heavy atom. The third-order valence-corrected chi connectivity index (χ3v) is 6.08. The lowest BCUT2D eigenvalue weighted by Gasteiger charge is -2.43. The largest absolute Gasteiger partial charge is 0.409 e. The molecule has 21 heavy (non-hydrogen) atoms. The highest BCUT2D eigenvalue weighted by molar-refractivity contribution is 6.07. The van der Waals surface area contributed by atoms with E-state index in [9.17, 15) is 4.79 Å². The SMILES string of the molecule is CCC1(CC)CCN(C(=O)C2(C(N)=NO)CCCC2)CC1. The van der Waals surface area contributed by atoms with Crippen LogP contribution in [0.4, 0.5) is 0 Å². The van der Waals surface area contributed by atoms with Crippen molar-refractivity contribution in [2.45, 2.75) is 65.2 Å². The van der Waals surface area contributed by atoms with E-state index >= 15 is 0 Å². The van der Waals surface area contributed by atoms with Crippen LogP contribution in [0, 0.1) is 10.8 Å². The van der Waals surface area contributed by atoms with Gasteiger partial charge in [0.25, 0.3) is 0 Å². The predicted molar refractivity (Wildman–Crippen MR) is 83.1 cm³/mol. The fourth-order valence-electron chi connectivity index (χ4n) is 4.10. The van der Waals surface area contributed by atoms with Crippen molar-refractivity contribution in [3.05, 3.63) is 0 Å². The molecule has 0 radical (unpaired) electrons. The zero-order chi connectivity index (χ0) is 15.5. The van der Waals surface area contributed by atoms with Crippen molar-refractivity contribution in [3.8, 4) is 0 Å². The molecule has 2 aliphatic rings. The number of nitrogens with two attached hydrogens (primary N) is 1. The molecule has 5 nitrogen and oxygen atoms in total. The smallest absolute Gasteiger partial charge is 0.236 e. The first-order valence-electron chi connectivity index (χ1n) is 8.31. The molecule has 1 aliphatic carbocycles. The quantitative estimate of drug-likeness (QED) is 0.362. The van der Waals surface area contributed by atoms with E-state index < -0.39 is 5.41 Å². The molecule has 1 aliphatic heterocycles. The second-order valence-corrected chi connectivity index (χ2v) is 6.77. The van der Waals surface area contributed by atoms with E-state index in [1.54, 1.807) is 0 Å². The molecule has 0 aromatic carbocycles. The summed E-state index contributed by atoms with van der Waals surface area (Å²) >= 11 is 0. The van der Waals surface area contributed by atoms with Gasteiger partial charge in [0, 0.05) is 13.1 Å². The molecule has 0 aromatic heterocycles. The van der Waals surface area contributed by atoms with Gasteiger partial charge in [0.2, 0.25) is 5.91 Å². The van der Waals surface area contributed by atoms with E-state index in [1.165, 1.54) is 12.8 Å². The summed E-state index contributed by atoms with van der Waals surface area (Å²) in [5.74, 6) is 0.184. The highest BCUT2D eigenvalue weighted by Crippen LogP contribution is 2.43. The summed E-state index contributed by atoms with van der Waals surface area (Å²) < 4.78 is 0. The summed E-state index contributed by atoms with van der Waals surface area (Å²) in [6.07, 6.45) is 7.87. The fourth-order valence-corrected chi connectivity index (χ4v) is 4.10. The summed E-state index contributed by atoms with van der Waals surface area (Å²) in [4.78, 5) is 14.9. The van der Waals surface area contributed by atoms with Crippen LogP contribution in [0.2, 0.25) is 0 Å². The molecule has 3 N–H and O–H groups in total. The molecular weight excluding hydrogens is 266 g/mol. The van der Waals surface area contributed by atoms with Gasteiger partial charge in [-0.2, -0.15) is 0 Å².